The van der Waals surface area contributed by atoms with Crippen LogP contribution in [-0.4, -0.2) is 24.9 Å². The number of methoxy groups -OCH3 is 2. The molecule has 0 bridgehead atoms. The molecule has 0 amide bonds. The number of ether oxygens (including phenoxy) is 3. The van der Waals surface area contributed by atoms with Crippen molar-refractivity contribution in [1.29, 1.82) is 0 Å². The van der Waals surface area contributed by atoms with E-state index in [1.165, 1.54) is 5.56 Å². The number of hydrogen-bond acceptors (Lipinski definition) is 5. The van der Waals surface area contributed by atoms with E-state index in [1.54, 1.807) is 14.2 Å². The number of hydrazone groups is 1. The Labute approximate surface area is 170 Å². The highest BCUT2D eigenvalue weighted by molar-refractivity contribution is 6.01. The summed E-state index contributed by atoms with van der Waals surface area (Å²) in [4.78, 5) is 0. The van der Waals surface area contributed by atoms with Crippen molar-refractivity contribution in [2.24, 2.45) is 5.10 Å². The van der Waals surface area contributed by atoms with Gasteiger partial charge in [-0.15, -0.1) is 0 Å². The summed E-state index contributed by atoms with van der Waals surface area (Å²) in [5.74, 6) is 2.27. The number of fused-ring (bicyclic) bond motifs is 3. The molecule has 2 heterocycles. The van der Waals surface area contributed by atoms with Gasteiger partial charge in [0.25, 0.3) is 0 Å². The highest BCUT2D eigenvalue weighted by atomic mass is 16.5. The molecule has 5 nitrogen and oxygen atoms in total. The van der Waals surface area contributed by atoms with E-state index >= 15 is 0 Å². The average molecular weight is 386 g/mol. The van der Waals surface area contributed by atoms with Crippen LogP contribution in [0.2, 0.25) is 0 Å². The molecule has 0 radical (unpaired) electrons. The molecule has 2 atom stereocenters. The van der Waals surface area contributed by atoms with E-state index in [9.17, 15) is 0 Å². The van der Waals surface area contributed by atoms with Gasteiger partial charge in [-0.3, -0.25) is 0 Å². The Hall–Kier alpha value is -3.47. The van der Waals surface area contributed by atoms with E-state index < -0.39 is 0 Å². The van der Waals surface area contributed by atoms with E-state index in [-0.39, 0.29) is 12.3 Å². The monoisotopic (exact) mass is 386 g/mol. The molecule has 0 aromatic heterocycles. The van der Waals surface area contributed by atoms with Gasteiger partial charge in [0, 0.05) is 17.5 Å². The summed E-state index contributed by atoms with van der Waals surface area (Å²) < 4.78 is 17.3. The maximum Gasteiger partial charge on any atom is 0.214 e. The summed E-state index contributed by atoms with van der Waals surface area (Å²) in [7, 11) is 3.28. The molecule has 3 aromatic rings. The number of benzene rings is 3. The maximum absolute atomic E-state index is 6.41. The molecular formula is C24H22N2O3. The second-order valence-electron chi connectivity index (χ2n) is 7.14. The summed E-state index contributed by atoms with van der Waals surface area (Å²) in [5.41, 5.74) is 4.35. The van der Waals surface area contributed by atoms with Crippen LogP contribution in [0.1, 0.15) is 35.4 Å². The van der Waals surface area contributed by atoms with Crippen molar-refractivity contribution in [3.8, 4) is 17.2 Å². The van der Waals surface area contributed by atoms with Crippen molar-refractivity contribution >= 4 is 5.71 Å². The van der Waals surface area contributed by atoms with Crippen LogP contribution in [0, 0.1) is 0 Å². The molecule has 5 heteroatoms. The summed E-state index contributed by atoms with van der Waals surface area (Å²) >= 11 is 0. The maximum atomic E-state index is 6.41. The predicted molar refractivity (Wildman–Crippen MR) is 112 cm³/mol. The van der Waals surface area contributed by atoms with Gasteiger partial charge in [-0.1, -0.05) is 48.5 Å². The van der Waals surface area contributed by atoms with Gasteiger partial charge < -0.3 is 14.2 Å². The van der Waals surface area contributed by atoms with Gasteiger partial charge in [0.1, 0.15) is 5.75 Å². The van der Waals surface area contributed by atoms with Crippen molar-refractivity contribution in [1.82, 2.24) is 5.01 Å². The third kappa shape index (κ3) is 2.99. The summed E-state index contributed by atoms with van der Waals surface area (Å²) in [5, 5.41) is 7.06. The fourth-order valence-corrected chi connectivity index (χ4v) is 4.07. The number of rotatable bonds is 4. The normalized spacial score (nSPS) is 19.7. The molecule has 0 N–H and O–H groups in total. The molecule has 3 aromatic carbocycles. The molecule has 146 valence electrons. The van der Waals surface area contributed by atoms with Gasteiger partial charge in [0.2, 0.25) is 6.23 Å². The first-order valence-electron chi connectivity index (χ1n) is 9.67. The van der Waals surface area contributed by atoms with Crippen LogP contribution < -0.4 is 14.2 Å². The third-order valence-electron chi connectivity index (χ3n) is 5.50. The van der Waals surface area contributed by atoms with Gasteiger partial charge in [-0.2, -0.15) is 5.10 Å². The SMILES string of the molecule is COc1ccc(C2Oc3ccccc3C3CC(c4ccccc4)=NN32)cc1OC. The standard InChI is InChI=1S/C24H22N2O3/c1-27-22-13-12-17(14-23(22)28-2)24-26-20(18-10-6-7-11-21(18)29-24)15-19(25-26)16-8-4-3-5-9-16/h3-14,20,24H,15H2,1-2H3. The smallest absolute Gasteiger partial charge is 0.214 e. The molecule has 0 spiro atoms. The molecule has 0 saturated heterocycles. The minimum atomic E-state index is -0.337. The minimum Gasteiger partial charge on any atom is -0.493 e. The summed E-state index contributed by atoms with van der Waals surface area (Å²) in [6.07, 6.45) is 0.504. The minimum absolute atomic E-state index is 0.133. The average Bonchev–Trinajstić information content (AvgIpc) is 3.24. The van der Waals surface area contributed by atoms with Gasteiger partial charge >= 0.3 is 0 Å². The van der Waals surface area contributed by atoms with Crippen molar-refractivity contribution < 1.29 is 14.2 Å². The highest BCUT2D eigenvalue weighted by Crippen LogP contribution is 2.48. The van der Waals surface area contributed by atoms with Crippen LogP contribution >= 0.6 is 0 Å². The second kappa shape index (κ2) is 7.17. The molecule has 5 rings (SSSR count). The predicted octanol–water partition coefficient (Wildman–Crippen LogP) is 4.95. The fourth-order valence-electron chi connectivity index (χ4n) is 4.07. The topological polar surface area (TPSA) is 43.3 Å². The molecule has 0 aliphatic carbocycles. The number of para-hydroxylation sites is 1. The molecular weight excluding hydrogens is 364 g/mol. The Balaban J connectivity index is 1.59. The zero-order valence-corrected chi connectivity index (χ0v) is 16.4. The van der Waals surface area contributed by atoms with Crippen molar-refractivity contribution in [2.45, 2.75) is 18.7 Å². The first-order valence-corrected chi connectivity index (χ1v) is 9.67. The van der Waals surface area contributed by atoms with E-state index in [1.807, 2.05) is 48.5 Å². The van der Waals surface area contributed by atoms with E-state index in [0.29, 0.717) is 11.5 Å². The fraction of sp³-hybridized carbons (Fsp3) is 0.208. The zero-order valence-electron chi connectivity index (χ0n) is 16.4. The molecule has 2 aliphatic heterocycles. The Morgan fingerprint density at radius 1 is 0.897 bits per heavy atom. The van der Waals surface area contributed by atoms with Gasteiger partial charge in [0.15, 0.2) is 11.5 Å². The first kappa shape index (κ1) is 17.6. The van der Waals surface area contributed by atoms with Crippen LogP contribution in [0.3, 0.4) is 0 Å². The number of nitrogens with zero attached hydrogens (tertiary/aromatic N) is 2. The van der Waals surface area contributed by atoms with Gasteiger partial charge in [-0.05, 0) is 29.8 Å². The molecule has 29 heavy (non-hydrogen) atoms. The van der Waals surface area contributed by atoms with Crippen molar-refractivity contribution in [2.75, 3.05) is 14.2 Å². The van der Waals surface area contributed by atoms with Crippen LogP contribution in [-0.2, 0) is 0 Å². The third-order valence-corrected chi connectivity index (χ3v) is 5.50. The quantitative estimate of drug-likeness (QED) is 0.637. The summed E-state index contributed by atoms with van der Waals surface area (Å²) in [6.45, 7) is 0. The Morgan fingerprint density at radius 3 is 2.45 bits per heavy atom. The Bertz CT molecular complexity index is 1060. The highest BCUT2D eigenvalue weighted by Gasteiger charge is 2.41. The number of hydrogen-bond donors (Lipinski definition) is 0. The van der Waals surface area contributed by atoms with Crippen LogP contribution in [0.4, 0.5) is 0 Å². The second-order valence-corrected chi connectivity index (χ2v) is 7.14. The lowest BCUT2D eigenvalue weighted by Gasteiger charge is -2.38. The van der Waals surface area contributed by atoms with E-state index in [2.05, 4.69) is 29.3 Å². The molecule has 2 unspecified atom stereocenters. The van der Waals surface area contributed by atoms with Gasteiger partial charge in [0.05, 0.1) is 26.0 Å². The molecule has 2 aliphatic rings. The lowest BCUT2D eigenvalue weighted by molar-refractivity contribution is -0.0191. The lowest BCUT2D eigenvalue weighted by Crippen LogP contribution is -2.33. The van der Waals surface area contributed by atoms with Gasteiger partial charge in [-0.25, -0.2) is 5.01 Å². The Morgan fingerprint density at radius 2 is 1.66 bits per heavy atom. The lowest BCUT2D eigenvalue weighted by atomic mass is 9.96. The largest absolute Gasteiger partial charge is 0.493 e. The van der Waals surface area contributed by atoms with Crippen molar-refractivity contribution in [3.63, 3.8) is 0 Å². The van der Waals surface area contributed by atoms with E-state index in [0.717, 1.165) is 29.0 Å². The van der Waals surface area contributed by atoms with Crippen LogP contribution in [0.15, 0.2) is 77.9 Å². The Kier molecular flexibility index (Phi) is 4.35. The molecule has 0 fully saturated rings. The van der Waals surface area contributed by atoms with Crippen LogP contribution in [0.25, 0.3) is 0 Å². The summed E-state index contributed by atoms with van der Waals surface area (Å²) in [6, 6.07) is 24.6. The first-order chi connectivity index (χ1) is 14.3. The zero-order chi connectivity index (χ0) is 19.8. The van der Waals surface area contributed by atoms with E-state index in [4.69, 9.17) is 19.3 Å². The van der Waals surface area contributed by atoms with Crippen LogP contribution in [0.5, 0.6) is 17.2 Å². The van der Waals surface area contributed by atoms with Crippen molar-refractivity contribution in [3.05, 3.63) is 89.5 Å². The molecule has 0 saturated carbocycles.